The zero-order valence-corrected chi connectivity index (χ0v) is 11.4. The lowest BCUT2D eigenvalue weighted by atomic mass is 10.1. The number of aliphatic hydroxyl groups is 1. The van der Waals surface area contributed by atoms with Crippen molar-refractivity contribution in [3.05, 3.63) is 24.0 Å². The molecule has 0 radical (unpaired) electrons. The summed E-state index contributed by atoms with van der Waals surface area (Å²) in [7, 11) is -2.38. The minimum Gasteiger partial charge on any atom is -0.494 e. The van der Waals surface area contributed by atoms with Crippen LogP contribution in [0.1, 0.15) is 6.42 Å². The van der Waals surface area contributed by atoms with Gasteiger partial charge in [-0.05, 0) is 30.5 Å². The van der Waals surface area contributed by atoms with Gasteiger partial charge in [0.15, 0.2) is 11.6 Å². The van der Waals surface area contributed by atoms with Gasteiger partial charge in [0.1, 0.15) is 0 Å². The molecular weight excluding hydrogens is 273 g/mol. The van der Waals surface area contributed by atoms with Gasteiger partial charge in [0.05, 0.1) is 12.0 Å². The number of hydrogen-bond donors (Lipinski definition) is 1. The second-order valence-corrected chi connectivity index (χ2v) is 6.43. The Bertz CT molecular complexity index is 561. The van der Waals surface area contributed by atoms with Crippen LogP contribution in [0.3, 0.4) is 0 Å². The van der Waals surface area contributed by atoms with Gasteiger partial charge in [0.25, 0.3) is 0 Å². The molecule has 1 saturated heterocycles. The Morgan fingerprint density at radius 3 is 2.79 bits per heavy atom. The van der Waals surface area contributed by atoms with Crippen LogP contribution in [0.2, 0.25) is 0 Å². The molecule has 0 saturated carbocycles. The molecule has 0 bridgehead atoms. The van der Waals surface area contributed by atoms with E-state index in [1.165, 1.54) is 23.5 Å². The maximum absolute atomic E-state index is 13.6. The van der Waals surface area contributed by atoms with Crippen LogP contribution in [0.4, 0.5) is 4.39 Å². The molecule has 5 nitrogen and oxygen atoms in total. The predicted octanol–water partition coefficient (Wildman–Crippen LogP) is 0.837. The van der Waals surface area contributed by atoms with E-state index in [2.05, 4.69) is 0 Å². The third-order valence-corrected chi connectivity index (χ3v) is 5.13. The van der Waals surface area contributed by atoms with Crippen molar-refractivity contribution in [1.82, 2.24) is 4.31 Å². The Balaban J connectivity index is 2.27. The highest BCUT2D eigenvalue weighted by Crippen LogP contribution is 2.26. The van der Waals surface area contributed by atoms with Gasteiger partial charge in [-0.15, -0.1) is 0 Å². The van der Waals surface area contributed by atoms with Crippen LogP contribution >= 0.6 is 0 Å². The van der Waals surface area contributed by atoms with E-state index in [1.54, 1.807) is 0 Å². The first-order valence-corrected chi connectivity index (χ1v) is 7.37. The van der Waals surface area contributed by atoms with E-state index in [-0.39, 0.29) is 29.7 Å². The van der Waals surface area contributed by atoms with E-state index in [4.69, 9.17) is 9.84 Å². The summed E-state index contributed by atoms with van der Waals surface area (Å²) in [4.78, 5) is -0.0932. The molecule has 0 amide bonds. The topological polar surface area (TPSA) is 66.8 Å². The summed E-state index contributed by atoms with van der Waals surface area (Å²) in [5.74, 6) is -0.743. The van der Waals surface area contributed by atoms with Crippen molar-refractivity contribution in [3.63, 3.8) is 0 Å². The third kappa shape index (κ3) is 2.72. The molecule has 7 heteroatoms. The van der Waals surface area contributed by atoms with Crippen LogP contribution < -0.4 is 4.74 Å². The molecule has 1 atom stereocenters. The van der Waals surface area contributed by atoms with Crippen molar-refractivity contribution in [3.8, 4) is 5.75 Å². The van der Waals surface area contributed by atoms with E-state index < -0.39 is 15.8 Å². The lowest BCUT2D eigenvalue weighted by Gasteiger charge is -2.16. The van der Waals surface area contributed by atoms with Gasteiger partial charge in [-0.3, -0.25) is 0 Å². The van der Waals surface area contributed by atoms with Crippen molar-refractivity contribution in [1.29, 1.82) is 0 Å². The summed E-state index contributed by atoms with van der Waals surface area (Å²) in [5, 5.41) is 9.03. The van der Waals surface area contributed by atoms with Crippen LogP contribution in [0.15, 0.2) is 23.1 Å². The first kappa shape index (κ1) is 14.2. The Hall–Kier alpha value is -1.18. The maximum atomic E-state index is 13.6. The van der Waals surface area contributed by atoms with Gasteiger partial charge < -0.3 is 9.84 Å². The molecule has 1 aromatic carbocycles. The molecule has 0 spiro atoms. The molecule has 2 rings (SSSR count). The minimum absolute atomic E-state index is 0.00797. The molecule has 1 heterocycles. The molecular formula is C12H16FNO4S. The van der Waals surface area contributed by atoms with E-state index in [0.29, 0.717) is 13.0 Å². The first-order valence-electron chi connectivity index (χ1n) is 5.93. The summed E-state index contributed by atoms with van der Waals surface area (Å²) < 4.78 is 44.2. The predicted molar refractivity (Wildman–Crippen MR) is 66.9 cm³/mol. The largest absolute Gasteiger partial charge is 0.494 e. The highest BCUT2D eigenvalue weighted by atomic mass is 32.2. The summed E-state index contributed by atoms with van der Waals surface area (Å²) in [5.41, 5.74) is 0. The van der Waals surface area contributed by atoms with Crippen molar-refractivity contribution in [2.45, 2.75) is 11.3 Å². The molecule has 1 aliphatic rings. The molecule has 19 heavy (non-hydrogen) atoms. The van der Waals surface area contributed by atoms with Crippen LogP contribution in [0, 0.1) is 11.7 Å². The highest BCUT2D eigenvalue weighted by molar-refractivity contribution is 7.89. The SMILES string of the molecule is COc1ccc(S(=O)(=O)N2CCC(CO)C2)cc1F. The fourth-order valence-corrected chi connectivity index (χ4v) is 3.66. The number of benzene rings is 1. The van der Waals surface area contributed by atoms with Crippen LogP contribution in [-0.4, -0.2) is 44.6 Å². The average molecular weight is 289 g/mol. The number of aliphatic hydroxyl groups excluding tert-OH is 1. The molecule has 1 fully saturated rings. The third-order valence-electron chi connectivity index (χ3n) is 3.27. The standard InChI is InChI=1S/C12H16FNO4S/c1-18-12-3-2-10(6-11(12)13)19(16,17)14-5-4-9(7-14)8-15/h2-3,6,9,15H,4-5,7-8H2,1H3. The minimum atomic E-state index is -3.70. The number of hydrogen-bond acceptors (Lipinski definition) is 4. The van der Waals surface area contributed by atoms with Crippen molar-refractivity contribution in [2.75, 3.05) is 26.8 Å². The summed E-state index contributed by atoms with van der Waals surface area (Å²) >= 11 is 0. The molecule has 0 aliphatic carbocycles. The Kier molecular flexibility index (Phi) is 4.07. The highest BCUT2D eigenvalue weighted by Gasteiger charge is 2.32. The van der Waals surface area contributed by atoms with E-state index in [1.807, 2.05) is 0 Å². The van der Waals surface area contributed by atoms with Gasteiger partial charge in [-0.25, -0.2) is 12.8 Å². The maximum Gasteiger partial charge on any atom is 0.243 e. The first-order chi connectivity index (χ1) is 8.98. The smallest absolute Gasteiger partial charge is 0.243 e. The summed E-state index contributed by atoms with van der Waals surface area (Å²) in [6.07, 6.45) is 0.619. The van der Waals surface area contributed by atoms with E-state index in [9.17, 15) is 12.8 Å². The molecule has 1 aliphatic heterocycles. The number of methoxy groups -OCH3 is 1. The second kappa shape index (κ2) is 5.44. The number of rotatable bonds is 4. The Morgan fingerprint density at radius 2 is 2.26 bits per heavy atom. The normalized spacial score (nSPS) is 20.7. The molecule has 0 aromatic heterocycles. The fraction of sp³-hybridized carbons (Fsp3) is 0.500. The lowest BCUT2D eigenvalue weighted by Crippen LogP contribution is -2.29. The monoisotopic (exact) mass is 289 g/mol. The number of halogens is 1. The van der Waals surface area contributed by atoms with Gasteiger partial charge in [0, 0.05) is 19.7 Å². The van der Waals surface area contributed by atoms with Gasteiger partial charge in [-0.2, -0.15) is 4.31 Å². The van der Waals surface area contributed by atoms with Crippen LogP contribution in [-0.2, 0) is 10.0 Å². The van der Waals surface area contributed by atoms with E-state index >= 15 is 0 Å². The molecule has 106 valence electrons. The van der Waals surface area contributed by atoms with Crippen LogP contribution in [0.5, 0.6) is 5.75 Å². The van der Waals surface area contributed by atoms with Crippen molar-refractivity contribution >= 4 is 10.0 Å². The number of nitrogens with zero attached hydrogens (tertiary/aromatic N) is 1. The zero-order valence-electron chi connectivity index (χ0n) is 10.5. The Morgan fingerprint density at radius 1 is 1.53 bits per heavy atom. The van der Waals surface area contributed by atoms with Crippen molar-refractivity contribution < 1.29 is 22.7 Å². The van der Waals surface area contributed by atoms with Crippen LogP contribution in [0.25, 0.3) is 0 Å². The van der Waals surface area contributed by atoms with Crippen molar-refractivity contribution in [2.24, 2.45) is 5.92 Å². The summed E-state index contributed by atoms with van der Waals surface area (Å²) in [6, 6.07) is 3.58. The van der Waals surface area contributed by atoms with E-state index in [0.717, 1.165) is 6.07 Å². The summed E-state index contributed by atoms with van der Waals surface area (Å²) in [6.45, 7) is 0.580. The molecule has 1 unspecified atom stereocenters. The Labute approximate surface area is 111 Å². The van der Waals surface area contributed by atoms with Gasteiger partial charge >= 0.3 is 0 Å². The second-order valence-electron chi connectivity index (χ2n) is 4.50. The van der Waals surface area contributed by atoms with Gasteiger partial charge in [-0.1, -0.05) is 0 Å². The lowest BCUT2D eigenvalue weighted by molar-refractivity contribution is 0.233. The molecule has 1 aromatic rings. The zero-order chi connectivity index (χ0) is 14.0. The average Bonchev–Trinajstić information content (AvgIpc) is 2.88. The fourth-order valence-electron chi connectivity index (χ4n) is 2.12. The molecule has 1 N–H and O–H groups in total. The quantitative estimate of drug-likeness (QED) is 0.892. The number of sulfonamides is 1. The van der Waals surface area contributed by atoms with Gasteiger partial charge in [0.2, 0.25) is 10.0 Å². The number of ether oxygens (including phenoxy) is 1.